The summed E-state index contributed by atoms with van der Waals surface area (Å²) in [7, 11) is 1.62. The molecule has 0 saturated carbocycles. The van der Waals surface area contributed by atoms with Crippen molar-refractivity contribution in [3.05, 3.63) is 64.7 Å². The number of amides is 1. The monoisotopic (exact) mass is 376 g/mol. The highest BCUT2D eigenvalue weighted by molar-refractivity contribution is 6.09. The van der Waals surface area contributed by atoms with Gasteiger partial charge >= 0.3 is 0 Å². The van der Waals surface area contributed by atoms with Crippen molar-refractivity contribution in [1.82, 2.24) is 9.72 Å². The molecule has 0 bridgehead atoms. The Hall–Kier alpha value is -3.79. The molecule has 7 heteroatoms. The number of anilines is 1. The highest BCUT2D eigenvalue weighted by Crippen LogP contribution is 2.24. The molecule has 1 N–H and O–H groups in total. The summed E-state index contributed by atoms with van der Waals surface area (Å²) in [6.45, 7) is 5.63. The van der Waals surface area contributed by atoms with Crippen molar-refractivity contribution in [2.75, 3.05) is 12.4 Å². The number of carbonyl (C=O) groups is 1. The van der Waals surface area contributed by atoms with E-state index in [2.05, 4.69) is 15.0 Å². The SMILES string of the molecule is COc1ccc(-n2c(C)cc(/C=C(/C#N)C(=O)Nc3cc(C)on3)c2C)cc1. The van der Waals surface area contributed by atoms with Crippen LogP contribution >= 0.6 is 0 Å². The molecule has 0 aliphatic carbocycles. The van der Waals surface area contributed by atoms with Crippen molar-refractivity contribution in [3.8, 4) is 17.5 Å². The number of ether oxygens (including phenoxy) is 1. The smallest absolute Gasteiger partial charge is 0.267 e. The van der Waals surface area contributed by atoms with Crippen LogP contribution in [-0.2, 0) is 4.79 Å². The number of nitrogens with zero attached hydrogens (tertiary/aromatic N) is 3. The zero-order valence-electron chi connectivity index (χ0n) is 16.1. The molecular weight excluding hydrogens is 356 g/mol. The molecule has 0 aliphatic heterocycles. The molecule has 142 valence electrons. The number of benzene rings is 1. The van der Waals surface area contributed by atoms with Crippen molar-refractivity contribution >= 4 is 17.8 Å². The maximum Gasteiger partial charge on any atom is 0.267 e. The summed E-state index contributed by atoms with van der Waals surface area (Å²) in [4.78, 5) is 12.4. The van der Waals surface area contributed by atoms with Gasteiger partial charge < -0.3 is 19.1 Å². The maximum atomic E-state index is 12.4. The van der Waals surface area contributed by atoms with E-state index in [4.69, 9.17) is 9.26 Å². The molecule has 2 aromatic heterocycles. The van der Waals surface area contributed by atoms with E-state index in [1.807, 2.05) is 50.2 Å². The minimum absolute atomic E-state index is 0.0179. The van der Waals surface area contributed by atoms with Crippen molar-refractivity contribution in [1.29, 1.82) is 5.26 Å². The van der Waals surface area contributed by atoms with Crippen molar-refractivity contribution in [3.63, 3.8) is 0 Å². The second-order valence-corrected chi connectivity index (χ2v) is 6.31. The van der Waals surface area contributed by atoms with E-state index < -0.39 is 5.91 Å². The van der Waals surface area contributed by atoms with Gasteiger partial charge in [-0.1, -0.05) is 5.16 Å². The molecule has 0 atom stereocenters. The van der Waals surface area contributed by atoms with Crippen LogP contribution < -0.4 is 10.1 Å². The normalized spacial score (nSPS) is 11.2. The lowest BCUT2D eigenvalue weighted by Gasteiger charge is -2.10. The molecule has 0 radical (unpaired) electrons. The minimum atomic E-state index is -0.537. The fourth-order valence-electron chi connectivity index (χ4n) is 2.98. The molecular formula is C21H20N4O3. The molecule has 1 amide bonds. The standard InChI is InChI=1S/C21H20N4O3/c1-13-9-16(15(3)25(13)18-5-7-19(27-4)8-6-18)11-17(12-22)21(26)23-20-10-14(2)28-24-20/h5-11H,1-4H3,(H,23,24,26)/b17-11-. The number of methoxy groups -OCH3 is 1. The molecule has 0 fully saturated rings. The van der Waals surface area contributed by atoms with Crippen LogP contribution in [0.5, 0.6) is 5.75 Å². The van der Waals surface area contributed by atoms with Crippen LogP contribution in [0.1, 0.15) is 22.7 Å². The van der Waals surface area contributed by atoms with E-state index in [0.717, 1.165) is 28.4 Å². The summed E-state index contributed by atoms with van der Waals surface area (Å²) in [6, 6.07) is 13.2. The Balaban J connectivity index is 1.91. The largest absolute Gasteiger partial charge is 0.497 e. The number of hydrogen-bond donors (Lipinski definition) is 1. The Morgan fingerprint density at radius 2 is 1.96 bits per heavy atom. The van der Waals surface area contributed by atoms with Crippen LogP contribution in [0.15, 0.2) is 46.5 Å². The molecule has 7 nitrogen and oxygen atoms in total. The fourth-order valence-corrected chi connectivity index (χ4v) is 2.98. The zero-order valence-corrected chi connectivity index (χ0v) is 16.1. The Labute approximate surface area is 162 Å². The average molecular weight is 376 g/mol. The van der Waals surface area contributed by atoms with Gasteiger partial charge in [0.15, 0.2) is 5.82 Å². The summed E-state index contributed by atoms with van der Waals surface area (Å²) in [5.74, 6) is 1.08. The van der Waals surface area contributed by atoms with Crippen molar-refractivity contribution in [2.45, 2.75) is 20.8 Å². The van der Waals surface area contributed by atoms with Crippen LogP contribution in [0.25, 0.3) is 11.8 Å². The van der Waals surface area contributed by atoms with E-state index in [1.54, 1.807) is 26.2 Å². The number of hydrogen-bond acceptors (Lipinski definition) is 5. The number of nitriles is 1. The minimum Gasteiger partial charge on any atom is -0.497 e. The van der Waals surface area contributed by atoms with Crippen molar-refractivity contribution < 1.29 is 14.1 Å². The second kappa shape index (κ2) is 7.84. The molecule has 28 heavy (non-hydrogen) atoms. The van der Waals surface area contributed by atoms with E-state index in [-0.39, 0.29) is 11.4 Å². The van der Waals surface area contributed by atoms with E-state index in [1.165, 1.54) is 0 Å². The first kappa shape index (κ1) is 19.0. The lowest BCUT2D eigenvalue weighted by molar-refractivity contribution is -0.112. The lowest BCUT2D eigenvalue weighted by Crippen LogP contribution is -2.13. The quantitative estimate of drug-likeness (QED) is 0.538. The van der Waals surface area contributed by atoms with Gasteiger partial charge in [0.25, 0.3) is 5.91 Å². The van der Waals surface area contributed by atoms with Gasteiger partial charge in [-0.2, -0.15) is 5.26 Å². The van der Waals surface area contributed by atoms with Gasteiger partial charge in [0.2, 0.25) is 0 Å². The fraction of sp³-hybridized carbons (Fsp3) is 0.190. The van der Waals surface area contributed by atoms with Crippen LogP contribution in [-0.4, -0.2) is 22.7 Å². The predicted molar refractivity (Wildman–Crippen MR) is 105 cm³/mol. The molecule has 1 aromatic carbocycles. The summed E-state index contributed by atoms with van der Waals surface area (Å²) in [6.07, 6.45) is 1.57. The topological polar surface area (TPSA) is 93.1 Å². The summed E-state index contributed by atoms with van der Waals surface area (Å²) >= 11 is 0. The van der Waals surface area contributed by atoms with Gasteiger partial charge in [0.05, 0.1) is 7.11 Å². The second-order valence-electron chi connectivity index (χ2n) is 6.31. The third-order valence-electron chi connectivity index (χ3n) is 4.34. The van der Waals surface area contributed by atoms with Gasteiger partial charge in [0.1, 0.15) is 23.2 Å². The maximum absolute atomic E-state index is 12.4. The first-order valence-electron chi connectivity index (χ1n) is 8.62. The average Bonchev–Trinajstić information content (AvgIpc) is 3.21. The van der Waals surface area contributed by atoms with E-state index in [0.29, 0.717) is 5.76 Å². The predicted octanol–water partition coefficient (Wildman–Crippen LogP) is 3.94. The van der Waals surface area contributed by atoms with Crippen LogP contribution in [0.4, 0.5) is 5.82 Å². The van der Waals surface area contributed by atoms with Gasteiger partial charge in [-0.15, -0.1) is 0 Å². The number of aryl methyl sites for hydroxylation is 2. The van der Waals surface area contributed by atoms with Gasteiger partial charge in [-0.25, -0.2) is 0 Å². The van der Waals surface area contributed by atoms with Gasteiger partial charge in [0, 0.05) is 23.1 Å². The summed E-state index contributed by atoms with van der Waals surface area (Å²) in [5, 5.41) is 15.7. The van der Waals surface area contributed by atoms with Crippen LogP contribution in [0.3, 0.4) is 0 Å². The molecule has 3 rings (SSSR count). The molecule has 0 unspecified atom stereocenters. The number of aromatic nitrogens is 2. The van der Waals surface area contributed by atoms with E-state index in [9.17, 15) is 10.1 Å². The first-order chi connectivity index (χ1) is 13.4. The molecule has 2 heterocycles. The first-order valence-corrected chi connectivity index (χ1v) is 8.62. The molecule has 0 aliphatic rings. The van der Waals surface area contributed by atoms with E-state index >= 15 is 0 Å². The number of nitrogens with one attached hydrogen (secondary N) is 1. The van der Waals surface area contributed by atoms with Gasteiger partial charge in [-0.3, -0.25) is 4.79 Å². The zero-order chi connectivity index (χ0) is 20.3. The van der Waals surface area contributed by atoms with Crippen LogP contribution in [0, 0.1) is 32.1 Å². The lowest BCUT2D eigenvalue weighted by atomic mass is 10.1. The third kappa shape index (κ3) is 3.81. The van der Waals surface area contributed by atoms with Gasteiger partial charge in [-0.05, 0) is 62.7 Å². The third-order valence-corrected chi connectivity index (χ3v) is 4.34. The number of carbonyl (C=O) groups excluding carboxylic acids is 1. The Morgan fingerprint density at radius 1 is 1.25 bits per heavy atom. The molecule has 0 spiro atoms. The highest BCUT2D eigenvalue weighted by Gasteiger charge is 2.15. The Bertz CT molecular complexity index is 1080. The number of rotatable bonds is 5. The molecule has 0 saturated heterocycles. The summed E-state index contributed by atoms with van der Waals surface area (Å²) in [5.41, 5.74) is 3.64. The Morgan fingerprint density at radius 3 is 2.54 bits per heavy atom. The molecule has 3 aromatic rings. The van der Waals surface area contributed by atoms with Crippen molar-refractivity contribution in [2.24, 2.45) is 0 Å². The highest BCUT2D eigenvalue weighted by atomic mass is 16.5. The van der Waals surface area contributed by atoms with Crippen LogP contribution in [0.2, 0.25) is 0 Å². The summed E-state index contributed by atoms with van der Waals surface area (Å²) < 4.78 is 12.2. The Kier molecular flexibility index (Phi) is 5.32.